The van der Waals surface area contributed by atoms with Crippen molar-refractivity contribution in [1.29, 1.82) is 0 Å². The predicted octanol–water partition coefficient (Wildman–Crippen LogP) is 4.26. The van der Waals surface area contributed by atoms with Crippen molar-refractivity contribution in [3.63, 3.8) is 0 Å². The Morgan fingerprint density at radius 1 is 0.932 bits per heavy atom. The molecule has 232 valence electrons. The molecule has 1 fully saturated rings. The summed E-state index contributed by atoms with van der Waals surface area (Å²) in [5.74, 6) is 1.51. The van der Waals surface area contributed by atoms with Crippen molar-refractivity contribution < 1.29 is 28.5 Å². The molecule has 44 heavy (non-hydrogen) atoms. The predicted molar refractivity (Wildman–Crippen MR) is 168 cm³/mol. The van der Waals surface area contributed by atoms with E-state index >= 15 is 0 Å². The van der Waals surface area contributed by atoms with Crippen molar-refractivity contribution in [2.45, 2.75) is 12.5 Å². The molecule has 5 rings (SSSR count). The second kappa shape index (κ2) is 14.7. The maximum absolute atomic E-state index is 14.1. The molecule has 1 saturated heterocycles. The van der Waals surface area contributed by atoms with E-state index in [1.165, 1.54) is 9.91 Å². The number of hydrazone groups is 1. The minimum absolute atomic E-state index is 0.162. The zero-order chi connectivity index (χ0) is 30.9. The number of rotatable bonds is 11. The number of carbonyl (C=O) groups is 2. The fourth-order valence-corrected chi connectivity index (χ4v) is 5.39. The van der Waals surface area contributed by atoms with Gasteiger partial charge in [-0.3, -0.25) is 9.69 Å². The molecule has 11 heteroatoms. The third kappa shape index (κ3) is 7.29. The minimum atomic E-state index is -0.396. The molecule has 0 radical (unpaired) electrons. The first-order valence-electron chi connectivity index (χ1n) is 14.7. The Labute approximate surface area is 257 Å². The van der Waals surface area contributed by atoms with Gasteiger partial charge in [0.1, 0.15) is 23.8 Å². The van der Waals surface area contributed by atoms with E-state index in [1.807, 2.05) is 54.6 Å². The standard InChI is InChI=1S/C33H39N5O6/c1-41-25-13-14-26(31(21-25)43-3)28-22-29(24-9-5-4-6-10-24)38(35-28)32(39)23-37(16-15-36-17-19-44-20-18-36)33(40)34-27-11-7-8-12-30(27)42-2/h4-14,21,29H,15-20,22-23H2,1-3H3,(H,34,40)/t29-/m1/s1. The van der Waals surface area contributed by atoms with Gasteiger partial charge < -0.3 is 29.2 Å². The SMILES string of the molecule is COc1ccc(C2=NN(C(=O)CN(CCN3CCOCC3)C(=O)Nc3ccccc3OC)[C@@H](c3ccccc3)C2)c(OC)c1. The van der Waals surface area contributed by atoms with Crippen LogP contribution >= 0.6 is 0 Å². The number of anilines is 1. The Hall–Kier alpha value is -4.61. The number of benzene rings is 3. The van der Waals surface area contributed by atoms with Crippen molar-refractivity contribution in [3.05, 3.63) is 83.9 Å². The van der Waals surface area contributed by atoms with Gasteiger partial charge in [-0.2, -0.15) is 5.10 Å². The highest BCUT2D eigenvalue weighted by Gasteiger charge is 2.35. The smallest absolute Gasteiger partial charge is 0.322 e. The van der Waals surface area contributed by atoms with Gasteiger partial charge in [-0.1, -0.05) is 42.5 Å². The Kier molecular flexibility index (Phi) is 10.3. The molecular formula is C33H39N5O6. The van der Waals surface area contributed by atoms with Crippen LogP contribution in [0.3, 0.4) is 0 Å². The van der Waals surface area contributed by atoms with Crippen molar-refractivity contribution in [2.24, 2.45) is 5.10 Å². The molecule has 2 heterocycles. The van der Waals surface area contributed by atoms with Crippen LogP contribution in [0.15, 0.2) is 77.9 Å². The largest absolute Gasteiger partial charge is 0.497 e. The van der Waals surface area contributed by atoms with Gasteiger partial charge in [-0.15, -0.1) is 0 Å². The van der Waals surface area contributed by atoms with Crippen LogP contribution < -0.4 is 19.5 Å². The van der Waals surface area contributed by atoms with Gasteiger partial charge in [0.25, 0.3) is 5.91 Å². The average molecular weight is 602 g/mol. The van der Waals surface area contributed by atoms with Crippen molar-refractivity contribution in [1.82, 2.24) is 14.8 Å². The lowest BCUT2D eigenvalue weighted by Gasteiger charge is -2.31. The highest BCUT2D eigenvalue weighted by atomic mass is 16.5. The molecule has 0 unspecified atom stereocenters. The van der Waals surface area contributed by atoms with E-state index in [9.17, 15) is 9.59 Å². The van der Waals surface area contributed by atoms with E-state index in [1.54, 1.807) is 39.5 Å². The molecule has 0 aliphatic carbocycles. The van der Waals surface area contributed by atoms with Gasteiger partial charge in [-0.25, -0.2) is 9.80 Å². The van der Waals surface area contributed by atoms with Crippen LogP contribution in [0.5, 0.6) is 17.2 Å². The second-order valence-electron chi connectivity index (χ2n) is 10.5. The summed E-state index contributed by atoms with van der Waals surface area (Å²) in [6.45, 7) is 3.63. The lowest BCUT2D eigenvalue weighted by molar-refractivity contribution is -0.133. The first kappa shape index (κ1) is 30.8. The number of nitrogens with one attached hydrogen (secondary N) is 1. The maximum atomic E-state index is 14.1. The van der Waals surface area contributed by atoms with Crippen LogP contribution in [0, 0.1) is 0 Å². The Morgan fingerprint density at radius 3 is 2.39 bits per heavy atom. The van der Waals surface area contributed by atoms with Crippen molar-refractivity contribution in [3.8, 4) is 17.2 Å². The number of carbonyl (C=O) groups excluding carboxylic acids is 2. The monoisotopic (exact) mass is 601 g/mol. The summed E-state index contributed by atoms with van der Waals surface area (Å²) in [7, 11) is 4.75. The molecule has 0 spiro atoms. The maximum Gasteiger partial charge on any atom is 0.322 e. The summed E-state index contributed by atoms with van der Waals surface area (Å²) in [6, 6.07) is 21.8. The number of nitrogens with zero attached hydrogens (tertiary/aromatic N) is 4. The summed E-state index contributed by atoms with van der Waals surface area (Å²) in [6.07, 6.45) is 0.486. The lowest BCUT2D eigenvalue weighted by atomic mass is 9.98. The second-order valence-corrected chi connectivity index (χ2v) is 10.5. The van der Waals surface area contributed by atoms with E-state index in [0.29, 0.717) is 61.4 Å². The van der Waals surface area contributed by atoms with E-state index in [-0.39, 0.29) is 18.5 Å². The van der Waals surface area contributed by atoms with Gasteiger partial charge in [0.2, 0.25) is 0 Å². The molecule has 2 aliphatic rings. The van der Waals surface area contributed by atoms with Crippen LogP contribution in [0.4, 0.5) is 10.5 Å². The summed E-state index contributed by atoms with van der Waals surface area (Å²) >= 11 is 0. The van der Waals surface area contributed by atoms with E-state index < -0.39 is 6.03 Å². The molecule has 11 nitrogen and oxygen atoms in total. The van der Waals surface area contributed by atoms with Gasteiger partial charge in [0.05, 0.1) is 52.0 Å². The van der Waals surface area contributed by atoms with Crippen LogP contribution in [0.2, 0.25) is 0 Å². The summed E-state index contributed by atoms with van der Waals surface area (Å²) in [5, 5.41) is 9.27. The summed E-state index contributed by atoms with van der Waals surface area (Å²) < 4.78 is 21.9. The van der Waals surface area contributed by atoms with Gasteiger partial charge >= 0.3 is 6.03 Å². The van der Waals surface area contributed by atoms with Crippen molar-refractivity contribution >= 4 is 23.3 Å². The zero-order valence-electron chi connectivity index (χ0n) is 25.4. The quantitative estimate of drug-likeness (QED) is 0.350. The molecular weight excluding hydrogens is 562 g/mol. The third-order valence-corrected chi connectivity index (χ3v) is 7.82. The van der Waals surface area contributed by atoms with Gasteiger partial charge in [0, 0.05) is 44.2 Å². The Balaban J connectivity index is 1.42. The zero-order valence-corrected chi connectivity index (χ0v) is 25.4. The van der Waals surface area contributed by atoms with Crippen LogP contribution in [-0.2, 0) is 9.53 Å². The molecule has 0 aromatic heterocycles. The fourth-order valence-electron chi connectivity index (χ4n) is 5.39. The highest BCUT2D eigenvalue weighted by molar-refractivity contribution is 6.05. The molecule has 1 N–H and O–H groups in total. The number of amides is 3. The normalized spacial score (nSPS) is 16.7. The molecule has 3 aromatic rings. The number of methoxy groups -OCH3 is 3. The van der Waals surface area contributed by atoms with Gasteiger partial charge in [0.15, 0.2) is 0 Å². The number of urea groups is 1. The topological polar surface area (TPSA) is 105 Å². The summed E-state index contributed by atoms with van der Waals surface area (Å²) in [5.41, 5.74) is 2.97. The minimum Gasteiger partial charge on any atom is -0.497 e. The molecule has 3 amide bonds. The van der Waals surface area contributed by atoms with E-state index in [0.717, 1.165) is 24.2 Å². The average Bonchev–Trinajstić information content (AvgIpc) is 3.53. The number of morpholine rings is 1. The van der Waals surface area contributed by atoms with Crippen LogP contribution in [-0.4, -0.2) is 99.7 Å². The number of hydrogen-bond donors (Lipinski definition) is 1. The Bertz CT molecular complexity index is 1460. The first-order chi connectivity index (χ1) is 21.5. The lowest BCUT2D eigenvalue weighted by Crippen LogP contribution is -2.47. The van der Waals surface area contributed by atoms with E-state index in [2.05, 4.69) is 10.2 Å². The van der Waals surface area contributed by atoms with Crippen molar-refractivity contribution in [2.75, 3.05) is 72.6 Å². The van der Waals surface area contributed by atoms with E-state index in [4.69, 9.17) is 24.0 Å². The third-order valence-electron chi connectivity index (χ3n) is 7.82. The first-order valence-corrected chi connectivity index (χ1v) is 14.7. The van der Waals surface area contributed by atoms with Gasteiger partial charge in [-0.05, 0) is 29.8 Å². The molecule has 0 saturated carbocycles. The molecule has 2 aliphatic heterocycles. The van der Waals surface area contributed by atoms with Crippen LogP contribution in [0.1, 0.15) is 23.6 Å². The summed E-state index contributed by atoms with van der Waals surface area (Å²) in [4.78, 5) is 31.5. The Morgan fingerprint density at radius 2 is 1.66 bits per heavy atom. The number of para-hydroxylation sites is 2. The molecule has 1 atom stereocenters. The van der Waals surface area contributed by atoms with Crippen LogP contribution in [0.25, 0.3) is 0 Å². The number of hydrogen-bond acceptors (Lipinski definition) is 8. The molecule has 3 aromatic carbocycles. The number of ether oxygens (including phenoxy) is 4. The highest BCUT2D eigenvalue weighted by Crippen LogP contribution is 2.36. The fraction of sp³-hybridized carbons (Fsp3) is 0.364. The molecule has 0 bridgehead atoms.